The SMILES string of the molecule is NC1COCC1C(=O)Nc1c(Br)cc(Cl)cc1Br. The summed E-state index contributed by atoms with van der Waals surface area (Å²) >= 11 is 12.6. The van der Waals surface area contributed by atoms with Gasteiger partial charge in [0.1, 0.15) is 0 Å². The smallest absolute Gasteiger partial charge is 0.231 e. The predicted octanol–water partition coefficient (Wildman–Crippen LogP) is 2.78. The number of anilines is 1. The van der Waals surface area contributed by atoms with Crippen LogP contribution in [-0.4, -0.2) is 25.2 Å². The van der Waals surface area contributed by atoms with Crippen LogP contribution in [0.2, 0.25) is 5.02 Å². The summed E-state index contributed by atoms with van der Waals surface area (Å²) < 4.78 is 6.60. The van der Waals surface area contributed by atoms with Crippen LogP contribution >= 0.6 is 43.5 Å². The van der Waals surface area contributed by atoms with Gasteiger partial charge in [0.05, 0.1) is 24.8 Å². The number of nitrogens with two attached hydrogens (primary N) is 1. The second-order valence-electron chi connectivity index (χ2n) is 4.04. The topological polar surface area (TPSA) is 64.3 Å². The molecule has 0 spiro atoms. The number of ether oxygens (including phenoxy) is 1. The Morgan fingerprint density at radius 3 is 2.50 bits per heavy atom. The van der Waals surface area contributed by atoms with E-state index in [1.165, 1.54) is 0 Å². The summed E-state index contributed by atoms with van der Waals surface area (Å²) in [5.74, 6) is -0.469. The zero-order valence-electron chi connectivity index (χ0n) is 9.25. The lowest BCUT2D eigenvalue weighted by Gasteiger charge is -2.15. The Balaban J connectivity index is 2.17. The Morgan fingerprint density at radius 1 is 1.39 bits per heavy atom. The zero-order valence-corrected chi connectivity index (χ0v) is 13.2. The number of benzene rings is 1. The minimum Gasteiger partial charge on any atom is -0.379 e. The van der Waals surface area contributed by atoms with Crippen molar-refractivity contribution < 1.29 is 9.53 Å². The van der Waals surface area contributed by atoms with E-state index < -0.39 is 0 Å². The normalized spacial score (nSPS) is 23.1. The molecule has 1 aliphatic heterocycles. The van der Waals surface area contributed by atoms with Crippen LogP contribution in [0.3, 0.4) is 0 Å². The maximum atomic E-state index is 12.1. The van der Waals surface area contributed by atoms with Crippen LogP contribution < -0.4 is 11.1 Å². The lowest BCUT2D eigenvalue weighted by Crippen LogP contribution is -2.37. The molecule has 1 fully saturated rings. The highest BCUT2D eigenvalue weighted by molar-refractivity contribution is 9.11. The summed E-state index contributed by atoms with van der Waals surface area (Å²) in [7, 11) is 0. The Labute approximate surface area is 126 Å². The monoisotopic (exact) mass is 396 g/mol. The van der Waals surface area contributed by atoms with E-state index >= 15 is 0 Å². The van der Waals surface area contributed by atoms with Gasteiger partial charge in [0.15, 0.2) is 0 Å². The van der Waals surface area contributed by atoms with Crippen molar-refractivity contribution in [3.8, 4) is 0 Å². The van der Waals surface area contributed by atoms with Gasteiger partial charge in [0.2, 0.25) is 5.91 Å². The molecule has 1 aliphatic rings. The summed E-state index contributed by atoms with van der Waals surface area (Å²) in [5, 5.41) is 3.40. The fourth-order valence-corrected chi connectivity index (χ4v) is 3.58. The number of halogens is 3. The lowest BCUT2D eigenvalue weighted by molar-refractivity contribution is -0.120. The first-order valence-electron chi connectivity index (χ1n) is 5.27. The van der Waals surface area contributed by atoms with Gasteiger partial charge in [-0.1, -0.05) is 11.6 Å². The van der Waals surface area contributed by atoms with E-state index in [-0.39, 0.29) is 17.9 Å². The van der Waals surface area contributed by atoms with Gasteiger partial charge in [-0.15, -0.1) is 0 Å². The van der Waals surface area contributed by atoms with Crippen molar-refractivity contribution in [3.63, 3.8) is 0 Å². The van der Waals surface area contributed by atoms with E-state index in [9.17, 15) is 4.79 Å². The number of carbonyl (C=O) groups excluding carboxylic acids is 1. The molecule has 18 heavy (non-hydrogen) atoms. The first-order chi connectivity index (χ1) is 8.49. The third kappa shape index (κ3) is 3.05. The molecule has 0 saturated carbocycles. The van der Waals surface area contributed by atoms with E-state index in [1.807, 2.05) is 0 Å². The molecule has 2 unspecified atom stereocenters. The van der Waals surface area contributed by atoms with Gasteiger partial charge in [-0.2, -0.15) is 0 Å². The summed E-state index contributed by atoms with van der Waals surface area (Å²) in [4.78, 5) is 12.1. The van der Waals surface area contributed by atoms with Crippen molar-refractivity contribution in [3.05, 3.63) is 26.1 Å². The highest BCUT2D eigenvalue weighted by Crippen LogP contribution is 2.34. The third-order valence-electron chi connectivity index (χ3n) is 2.72. The molecule has 0 radical (unpaired) electrons. The average molecular weight is 398 g/mol. The van der Waals surface area contributed by atoms with Crippen LogP contribution in [0, 0.1) is 5.92 Å². The van der Waals surface area contributed by atoms with Crippen LogP contribution in [0.1, 0.15) is 0 Å². The highest BCUT2D eigenvalue weighted by atomic mass is 79.9. The molecule has 0 aromatic heterocycles. The average Bonchev–Trinajstić information content (AvgIpc) is 2.69. The van der Waals surface area contributed by atoms with Crippen molar-refractivity contribution in [2.45, 2.75) is 6.04 Å². The molecule has 4 nitrogen and oxygen atoms in total. The molecule has 1 saturated heterocycles. The molecule has 1 heterocycles. The van der Waals surface area contributed by atoms with Crippen LogP contribution in [0.5, 0.6) is 0 Å². The Bertz CT molecular complexity index is 461. The van der Waals surface area contributed by atoms with E-state index in [4.69, 9.17) is 22.1 Å². The molecule has 2 rings (SSSR count). The van der Waals surface area contributed by atoms with E-state index in [0.29, 0.717) is 32.9 Å². The van der Waals surface area contributed by atoms with Crippen LogP contribution in [0.4, 0.5) is 5.69 Å². The molecule has 2 atom stereocenters. The van der Waals surface area contributed by atoms with Gasteiger partial charge in [0, 0.05) is 20.0 Å². The molecule has 7 heteroatoms. The minimum atomic E-state index is -0.320. The number of hydrogen-bond donors (Lipinski definition) is 2. The van der Waals surface area contributed by atoms with Crippen molar-refractivity contribution >= 4 is 55.1 Å². The molecular formula is C11H11Br2ClN2O2. The summed E-state index contributed by atoms with van der Waals surface area (Å²) in [6.45, 7) is 0.775. The fourth-order valence-electron chi connectivity index (χ4n) is 1.72. The van der Waals surface area contributed by atoms with Crippen LogP contribution in [0.25, 0.3) is 0 Å². The second-order valence-corrected chi connectivity index (χ2v) is 6.19. The number of hydrogen-bond acceptors (Lipinski definition) is 3. The first-order valence-corrected chi connectivity index (χ1v) is 7.24. The molecule has 0 bridgehead atoms. The largest absolute Gasteiger partial charge is 0.379 e. The number of carbonyl (C=O) groups is 1. The number of amides is 1. The van der Waals surface area contributed by atoms with Crippen molar-refractivity contribution in [1.82, 2.24) is 0 Å². The van der Waals surface area contributed by atoms with Gasteiger partial charge in [0.25, 0.3) is 0 Å². The molecule has 1 aromatic carbocycles. The van der Waals surface area contributed by atoms with Gasteiger partial charge >= 0.3 is 0 Å². The van der Waals surface area contributed by atoms with Gasteiger partial charge in [-0.25, -0.2) is 0 Å². The molecule has 98 valence electrons. The summed E-state index contributed by atoms with van der Waals surface area (Å²) in [6, 6.07) is 3.18. The summed E-state index contributed by atoms with van der Waals surface area (Å²) in [5.41, 5.74) is 6.45. The maximum absolute atomic E-state index is 12.1. The molecule has 3 N–H and O–H groups in total. The number of rotatable bonds is 2. The fraction of sp³-hybridized carbons (Fsp3) is 0.364. The molecule has 1 amide bonds. The molecule has 0 aliphatic carbocycles. The Hall–Kier alpha value is -0.140. The van der Waals surface area contributed by atoms with E-state index in [2.05, 4.69) is 37.2 Å². The van der Waals surface area contributed by atoms with Gasteiger partial charge < -0.3 is 15.8 Å². The predicted molar refractivity (Wildman–Crippen MR) is 77.8 cm³/mol. The quantitative estimate of drug-likeness (QED) is 0.805. The summed E-state index contributed by atoms with van der Waals surface area (Å²) in [6.07, 6.45) is 0. The lowest BCUT2D eigenvalue weighted by atomic mass is 10.0. The maximum Gasteiger partial charge on any atom is 0.231 e. The first kappa shape index (κ1) is 14.3. The Morgan fingerprint density at radius 2 is 2.00 bits per heavy atom. The molecular weight excluding hydrogens is 387 g/mol. The Kier molecular flexibility index (Phi) is 4.66. The van der Waals surface area contributed by atoms with E-state index in [1.54, 1.807) is 12.1 Å². The van der Waals surface area contributed by atoms with Gasteiger partial charge in [-0.3, -0.25) is 4.79 Å². The molecule has 1 aromatic rings. The van der Waals surface area contributed by atoms with Crippen LogP contribution in [0.15, 0.2) is 21.1 Å². The number of nitrogens with one attached hydrogen (secondary N) is 1. The zero-order chi connectivity index (χ0) is 13.3. The van der Waals surface area contributed by atoms with Crippen LogP contribution in [-0.2, 0) is 9.53 Å². The highest BCUT2D eigenvalue weighted by Gasteiger charge is 2.31. The van der Waals surface area contributed by atoms with Crippen molar-refractivity contribution in [2.75, 3.05) is 18.5 Å². The second kappa shape index (κ2) is 5.88. The third-order valence-corrected chi connectivity index (χ3v) is 4.19. The standard InChI is InChI=1S/C11H11Br2ClN2O2/c12-7-1-5(14)2-8(13)10(7)16-11(17)6-3-18-4-9(6)15/h1-2,6,9H,3-4,15H2,(H,16,17). The minimum absolute atomic E-state index is 0.149. The van der Waals surface area contributed by atoms with Crippen molar-refractivity contribution in [2.24, 2.45) is 11.7 Å². The van der Waals surface area contributed by atoms with Crippen molar-refractivity contribution in [1.29, 1.82) is 0 Å². The van der Waals surface area contributed by atoms with Gasteiger partial charge in [-0.05, 0) is 44.0 Å². The van der Waals surface area contributed by atoms with E-state index in [0.717, 1.165) is 0 Å².